The van der Waals surface area contributed by atoms with Crippen LogP contribution in [0.4, 0.5) is 18.9 Å². The van der Waals surface area contributed by atoms with Gasteiger partial charge in [0, 0.05) is 12.6 Å². The first-order chi connectivity index (χ1) is 9.25. The summed E-state index contributed by atoms with van der Waals surface area (Å²) in [5.41, 5.74) is -2.17. The highest BCUT2D eigenvalue weighted by atomic mass is 19.2. The summed E-state index contributed by atoms with van der Waals surface area (Å²) >= 11 is 0. The summed E-state index contributed by atoms with van der Waals surface area (Å²) in [6, 6.07) is 0.387. The van der Waals surface area contributed by atoms with Gasteiger partial charge in [0.25, 0.3) is 5.91 Å². The lowest BCUT2D eigenvalue weighted by atomic mass is 10.1. The average Bonchev–Trinajstić information content (AvgIpc) is 2.35. The molecule has 0 heterocycles. The van der Waals surface area contributed by atoms with Crippen LogP contribution in [0.1, 0.15) is 30.6 Å². The van der Waals surface area contributed by atoms with Gasteiger partial charge in [-0.15, -0.1) is 0 Å². The second kappa shape index (κ2) is 6.36. The van der Waals surface area contributed by atoms with Crippen LogP contribution in [0.25, 0.3) is 0 Å². The Bertz CT molecular complexity index is 547. The number of nitro groups is 1. The zero-order valence-corrected chi connectivity index (χ0v) is 10.9. The molecule has 0 aliphatic heterocycles. The van der Waals surface area contributed by atoms with E-state index in [1.54, 1.807) is 0 Å². The van der Waals surface area contributed by atoms with E-state index in [0.717, 1.165) is 0 Å². The molecule has 1 aromatic rings. The van der Waals surface area contributed by atoms with Crippen LogP contribution < -0.4 is 5.32 Å². The minimum Gasteiger partial charge on any atom is -0.352 e. The zero-order valence-electron chi connectivity index (χ0n) is 10.9. The van der Waals surface area contributed by atoms with Crippen molar-refractivity contribution in [2.75, 3.05) is 6.54 Å². The monoisotopic (exact) mass is 290 g/mol. The summed E-state index contributed by atoms with van der Waals surface area (Å²) in [7, 11) is 0. The molecule has 0 fully saturated rings. The molecule has 110 valence electrons. The second-order valence-electron chi connectivity index (χ2n) is 4.58. The van der Waals surface area contributed by atoms with E-state index in [4.69, 9.17) is 0 Å². The summed E-state index contributed by atoms with van der Waals surface area (Å²) in [5.74, 6) is -6.45. The Kier molecular flexibility index (Phi) is 5.06. The fourth-order valence-electron chi connectivity index (χ4n) is 1.46. The quantitative estimate of drug-likeness (QED) is 0.515. The Morgan fingerprint density at radius 2 is 1.90 bits per heavy atom. The minimum atomic E-state index is -2.03. The summed E-state index contributed by atoms with van der Waals surface area (Å²) in [4.78, 5) is 20.9. The first-order valence-electron chi connectivity index (χ1n) is 5.85. The van der Waals surface area contributed by atoms with Crippen molar-refractivity contribution in [3.05, 3.63) is 39.2 Å². The molecule has 0 aliphatic rings. The number of hydrogen-bond donors (Lipinski definition) is 1. The smallest absolute Gasteiger partial charge is 0.308 e. The van der Waals surface area contributed by atoms with Gasteiger partial charge < -0.3 is 5.32 Å². The first-order valence-corrected chi connectivity index (χ1v) is 5.85. The molecule has 0 radical (unpaired) electrons. The van der Waals surface area contributed by atoms with Crippen LogP contribution in [0.3, 0.4) is 0 Å². The normalized spacial score (nSPS) is 10.7. The molecule has 0 bridgehead atoms. The summed E-state index contributed by atoms with van der Waals surface area (Å²) < 4.78 is 39.8. The highest BCUT2D eigenvalue weighted by Gasteiger charge is 2.28. The Morgan fingerprint density at radius 3 is 2.40 bits per heavy atom. The number of nitrogens with one attached hydrogen (secondary N) is 1. The third kappa shape index (κ3) is 3.46. The molecule has 0 spiro atoms. The molecule has 0 unspecified atom stereocenters. The van der Waals surface area contributed by atoms with Crippen LogP contribution in [0, 0.1) is 33.5 Å². The van der Waals surface area contributed by atoms with Crippen molar-refractivity contribution in [2.24, 2.45) is 5.92 Å². The fourth-order valence-corrected chi connectivity index (χ4v) is 1.46. The number of rotatable bonds is 5. The molecule has 0 aromatic heterocycles. The van der Waals surface area contributed by atoms with Gasteiger partial charge in [0.05, 0.1) is 10.5 Å². The Morgan fingerprint density at radius 1 is 1.30 bits per heavy atom. The molecule has 1 amide bonds. The van der Waals surface area contributed by atoms with E-state index < -0.39 is 39.5 Å². The number of halogens is 3. The van der Waals surface area contributed by atoms with Gasteiger partial charge >= 0.3 is 5.69 Å². The van der Waals surface area contributed by atoms with Crippen LogP contribution in [0.5, 0.6) is 0 Å². The Labute approximate surface area is 112 Å². The molecule has 20 heavy (non-hydrogen) atoms. The largest absolute Gasteiger partial charge is 0.352 e. The topological polar surface area (TPSA) is 72.2 Å². The number of nitro benzene ring substituents is 1. The molecule has 5 nitrogen and oxygen atoms in total. The highest BCUT2D eigenvalue weighted by molar-refractivity contribution is 5.95. The van der Waals surface area contributed by atoms with Crippen LogP contribution in [-0.4, -0.2) is 17.4 Å². The van der Waals surface area contributed by atoms with Crippen molar-refractivity contribution in [3.63, 3.8) is 0 Å². The molecular weight excluding hydrogens is 277 g/mol. The SMILES string of the molecule is CC(C)CCNC(=O)c1cc([N+](=O)[O-])c(F)c(F)c1F. The minimum absolute atomic E-state index is 0.197. The van der Waals surface area contributed by atoms with Gasteiger partial charge in [0.15, 0.2) is 5.82 Å². The van der Waals surface area contributed by atoms with E-state index in [-0.39, 0.29) is 12.5 Å². The summed E-state index contributed by atoms with van der Waals surface area (Å²) in [6.45, 7) is 3.99. The Balaban J connectivity index is 3.06. The number of hydrogen-bond acceptors (Lipinski definition) is 3. The lowest BCUT2D eigenvalue weighted by molar-refractivity contribution is -0.387. The maximum Gasteiger partial charge on any atom is 0.308 e. The van der Waals surface area contributed by atoms with Gasteiger partial charge in [0.1, 0.15) is 0 Å². The van der Waals surface area contributed by atoms with Crippen LogP contribution in [0.15, 0.2) is 6.07 Å². The molecule has 1 N–H and O–H groups in total. The van der Waals surface area contributed by atoms with Gasteiger partial charge in [-0.05, 0) is 12.3 Å². The van der Waals surface area contributed by atoms with Gasteiger partial charge in [-0.25, -0.2) is 8.78 Å². The van der Waals surface area contributed by atoms with Crippen molar-refractivity contribution >= 4 is 11.6 Å². The molecule has 0 saturated heterocycles. The molecule has 0 atom stereocenters. The number of benzene rings is 1. The van der Waals surface area contributed by atoms with Crippen LogP contribution in [-0.2, 0) is 0 Å². The molecule has 1 rings (SSSR count). The summed E-state index contributed by atoms with van der Waals surface area (Å²) in [6.07, 6.45) is 0.596. The molecule has 8 heteroatoms. The number of nitrogens with zero attached hydrogens (tertiary/aromatic N) is 1. The lowest BCUT2D eigenvalue weighted by Crippen LogP contribution is -2.27. The van der Waals surface area contributed by atoms with E-state index in [9.17, 15) is 28.1 Å². The molecule has 0 saturated carbocycles. The van der Waals surface area contributed by atoms with Crippen molar-refractivity contribution in [3.8, 4) is 0 Å². The van der Waals surface area contributed by atoms with E-state index in [1.165, 1.54) is 0 Å². The maximum absolute atomic E-state index is 13.4. The number of amides is 1. The Hall–Kier alpha value is -2.12. The third-order valence-corrected chi connectivity index (χ3v) is 2.58. The molecule has 1 aromatic carbocycles. The van der Waals surface area contributed by atoms with Crippen molar-refractivity contribution in [1.82, 2.24) is 5.32 Å². The van der Waals surface area contributed by atoms with Gasteiger partial charge in [0.2, 0.25) is 11.6 Å². The van der Waals surface area contributed by atoms with E-state index >= 15 is 0 Å². The highest BCUT2D eigenvalue weighted by Crippen LogP contribution is 2.25. The van der Waals surface area contributed by atoms with Crippen molar-refractivity contribution in [2.45, 2.75) is 20.3 Å². The summed E-state index contributed by atoms with van der Waals surface area (Å²) in [5, 5.41) is 12.8. The van der Waals surface area contributed by atoms with E-state index in [2.05, 4.69) is 5.32 Å². The molecular formula is C12H13F3N2O3. The predicted molar refractivity (Wildman–Crippen MR) is 64.8 cm³/mol. The van der Waals surface area contributed by atoms with Gasteiger partial charge in [-0.1, -0.05) is 13.8 Å². The lowest BCUT2D eigenvalue weighted by Gasteiger charge is -2.08. The van der Waals surface area contributed by atoms with Gasteiger partial charge in [-0.3, -0.25) is 14.9 Å². The van der Waals surface area contributed by atoms with Gasteiger partial charge in [-0.2, -0.15) is 4.39 Å². The fraction of sp³-hybridized carbons (Fsp3) is 0.417. The van der Waals surface area contributed by atoms with Crippen molar-refractivity contribution < 1.29 is 22.9 Å². The van der Waals surface area contributed by atoms with Crippen molar-refractivity contribution in [1.29, 1.82) is 0 Å². The standard InChI is InChI=1S/C12H13F3N2O3/c1-6(2)3-4-16-12(18)7-5-8(17(19)20)10(14)11(15)9(7)13/h5-6H,3-4H2,1-2H3,(H,16,18). The van der Waals surface area contributed by atoms with E-state index in [0.29, 0.717) is 12.5 Å². The van der Waals surface area contributed by atoms with Crippen LogP contribution in [0.2, 0.25) is 0 Å². The molecule has 0 aliphatic carbocycles. The second-order valence-corrected chi connectivity index (χ2v) is 4.58. The maximum atomic E-state index is 13.4. The third-order valence-electron chi connectivity index (χ3n) is 2.58. The average molecular weight is 290 g/mol. The van der Waals surface area contributed by atoms with E-state index in [1.807, 2.05) is 13.8 Å². The number of carbonyl (C=O) groups is 1. The zero-order chi connectivity index (χ0) is 15.4. The number of carbonyl (C=O) groups excluding carboxylic acids is 1. The first kappa shape index (κ1) is 15.9. The van der Waals surface area contributed by atoms with Crippen LogP contribution >= 0.6 is 0 Å². The predicted octanol–water partition coefficient (Wildman–Crippen LogP) is 2.79.